The smallest absolute Gasteiger partial charge is 0.317 e. The number of amides is 2. The lowest BCUT2D eigenvalue weighted by molar-refractivity contribution is 0.217. The van der Waals surface area contributed by atoms with Crippen LogP contribution in [0.5, 0.6) is 0 Å². The van der Waals surface area contributed by atoms with Gasteiger partial charge in [0.05, 0.1) is 19.3 Å². The number of carbonyl (C=O) groups is 1. The van der Waals surface area contributed by atoms with Crippen LogP contribution in [0.1, 0.15) is 54.8 Å². The number of nitrogens with one attached hydrogen (secondary N) is 1. The molecular formula is C19H27N5O. The zero-order valence-corrected chi connectivity index (χ0v) is 15.1. The molecule has 134 valence electrons. The van der Waals surface area contributed by atoms with Crippen LogP contribution in [0.15, 0.2) is 30.5 Å². The van der Waals surface area contributed by atoms with Gasteiger partial charge in [-0.05, 0) is 29.9 Å². The summed E-state index contributed by atoms with van der Waals surface area (Å²) in [4.78, 5) is 13.0. The van der Waals surface area contributed by atoms with E-state index in [4.69, 9.17) is 0 Å². The van der Waals surface area contributed by atoms with Gasteiger partial charge < -0.3 is 10.2 Å². The number of carbonyl (C=O) groups excluding carboxylic acids is 1. The Morgan fingerprint density at radius 2 is 1.92 bits per heavy atom. The van der Waals surface area contributed by atoms with Crippen LogP contribution in [0.3, 0.4) is 0 Å². The van der Waals surface area contributed by atoms with Gasteiger partial charge in [0.2, 0.25) is 0 Å². The largest absolute Gasteiger partial charge is 0.332 e. The second-order valence-electron chi connectivity index (χ2n) is 7.04. The number of rotatable bonds is 5. The van der Waals surface area contributed by atoms with Crippen LogP contribution in [0, 0.1) is 0 Å². The van der Waals surface area contributed by atoms with Gasteiger partial charge in [-0.15, -0.1) is 5.10 Å². The van der Waals surface area contributed by atoms with Gasteiger partial charge in [-0.2, -0.15) is 0 Å². The lowest BCUT2D eigenvalue weighted by Gasteiger charge is -2.22. The molecular weight excluding hydrogens is 314 g/mol. The summed E-state index contributed by atoms with van der Waals surface area (Å²) in [5, 5.41) is 11.1. The van der Waals surface area contributed by atoms with Crippen molar-refractivity contribution in [2.45, 2.75) is 51.1 Å². The van der Waals surface area contributed by atoms with Crippen LogP contribution in [0.25, 0.3) is 0 Å². The van der Waals surface area contributed by atoms with Crippen molar-refractivity contribution < 1.29 is 4.79 Å². The van der Waals surface area contributed by atoms with Gasteiger partial charge >= 0.3 is 6.03 Å². The lowest BCUT2D eigenvalue weighted by atomic mass is 9.84. The minimum atomic E-state index is -0.132. The van der Waals surface area contributed by atoms with Crippen LogP contribution in [-0.4, -0.2) is 40.0 Å². The fraction of sp³-hybridized carbons (Fsp3) is 0.526. The predicted octanol–water partition coefficient (Wildman–Crippen LogP) is 3.15. The molecule has 2 amide bonds. The van der Waals surface area contributed by atoms with E-state index in [0.717, 1.165) is 11.6 Å². The Bertz CT molecular complexity index is 686. The van der Waals surface area contributed by atoms with E-state index in [9.17, 15) is 4.79 Å². The Morgan fingerprint density at radius 1 is 1.20 bits per heavy atom. The minimum absolute atomic E-state index is 0.132. The highest BCUT2D eigenvalue weighted by atomic mass is 16.2. The highest BCUT2D eigenvalue weighted by molar-refractivity contribution is 5.73. The fourth-order valence-electron chi connectivity index (χ4n) is 3.34. The Hall–Kier alpha value is -2.37. The zero-order valence-electron chi connectivity index (χ0n) is 15.1. The first-order valence-corrected chi connectivity index (χ1v) is 9.05. The molecule has 2 aromatic rings. The molecule has 6 heteroatoms. The summed E-state index contributed by atoms with van der Waals surface area (Å²) in [6, 6.07) is 8.78. The molecule has 25 heavy (non-hydrogen) atoms. The first-order chi connectivity index (χ1) is 12.1. The predicted molar refractivity (Wildman–Crippen MR) is 97.3 cm³/mol. The highest BCUT2D eigenvalue weighted by Gasteiger charge is 2.15. The molecule has 0 atom stereocenters. The average Bonchev–Trinajstić information content (AvgIpc) is 3.08. The van der Waals surface area contributed by atoms with Gasteiger partial charge in [0, 0.05) is 14.1 Å². The van der Waals surface area contributed by atoms with E-state index >= 15 is 0 Å². The van der Waals surface area contributed by atoms with E-state index in [-0.39, 0.29) is 6.03 Å². The Balaban J connectivity index is 1.54. The number of hydrogen-bond donors (Lipinski definition) is 1. The van der Waals surface area contributed by atoms with Crippen molar-refractivity contribution in [2.75, 3.05) is 14.1 Å². The molecule has 1 fully saturated rings. The molecule has 0 bridgehead atoms. The van der Waals surface area contributed by atoms with Crippen LogP contribution >= 0.6 is 0 Å². The van der Waals surface area contributed by atoms with E-state index in [2.05, 4.69) is 39.9 Å². The van der Waals surface area contributed by atoms with Crippen molar-refractivity contribution in [1.82, 2.24) is 25.2 Å². The third kappa shape index (κ3) is 4.81. The normalized spacial score (nSPS) is 15.1. The third-order valence-electron chi connectivity index (χ3n) is 4.81. The van der Waals surface area contributed by atoms with Gasteiger partial charge in [-0.25, -0.2) is 9.48 Å². The topological polar surface area (TPSA) is 63.1 Å². The minimum Gasteiger partial charge on any atom is -0.332 e. The molecule has 1 N–H and O–H groups in total. The van der Waals surface area contributed by atoms with E-state index in [1.165, 1.54) is 48.1 Å². The van der Waals surface area contributed by atoms with Gasteiger partial charge in [0.1, 0.15) is 5.69 Å². The van der Waals surface area contributed by atoms with Crippen molar-refractivity contribution >= 4 is 6.03 Å². The molecule has 0 saturated heterocycles. The maximum Gasteiger partial charge on any atom is 0.317 e. The molecule has 1 aliphatic rings. The Morgan fingerprint density at radius 3 is 2.60 bits per heavy atom. The molecule has 6 nitrogen and oxygen atoms in total. The van der Waals surface area contributed by atoms with Gasteiger partial charge in [-0.3, -0.25) is 0 Å². The molecule has 1 heterocycles. The number of urea groups is 1. The number of hydrogen-bond acceptors (Lipinski definition) is 3. The molecule has 1 aromatic heterocycles. The van der Waals surface area contributed by atoms with E-state index in [1.54, 1.807) is 14.1 Å². The Kier molecular flexibility index (Phi) is 5.68. The fourth-order valence-corrected chi connectivity index (χ4v) is 3.34. The molecule has 3 rings (SSSR count). The van der Waals surface area contributed by atoms with Gasteiger partial charge in [0.25, 0.3) is 0 Å². The van der Waals surface area contributed by atoms with Crippen molar-refractivity contribution in [1.29, 1.82) is 0 Å². The van der Waals surface area contributed by atoms with Crippen LogP contribution < -0.4 is 5.32 Å². The summed E-state index contributed by atoms with van der Waals surface area (Å²) in [5.74, 6) is 0.737. The van der Waals surface area contributed by atoms with Crippen molar-refractivity contribution in [3.05, 3.63) is 47.3 Å². The number of nitrogens with zero attached hydrogens (tertiary/aromatic N) is 4. The second-order valence-corrected chi connectivity index (χ2v) is 7.04. The maximum atomic E-state index is 11.5. The molecule has 0 spiro atoms. The standard InChI is InChI=1S/C19H27N5O/c1-23(2)19(25)20-12-18-14-24(22-21-18)13-15-8-10-17(11-9-15)16-6-4-3-5-7-16/h8-11,14,16H,3-7,12-13H2,1-2H3,(H,20,25). The molecule has 0 radical (unpaired) electrons. The first-order valence-electron chi connectivity index (χ1n) is 9.05. The second kappa shape index (κ2) is 8.14. The first kappa shape index (κ1) is 17.5. The van der Waals surface area contributed by atoms with Gasteiger partial charge in [0.15, 0.2) is 0 Å². The van der Waals surface area contributed by atoms with Crippen LogP contribution in [-0.2, 0) is 13.1 Å². The number of aromatic nitrogens is 3. The summed E-state index contributed by atoms with van der Waals surface area (Å²) < 4.78 is 1.81. The summed E-state index contributed by atoms with van der Waals surface area (Å²) in [5.41, 5.74) is 3.44. The summed E-state index contributed by atoms with van der Waals surface area (Å²) in [6.07, 6.45) is 8.63. The summed E-state index contributed by atoms with van der Waals surface area (Å²) in [7, 11) is 3.42. The molecule has 1 aromatic carbocycles. The van der Waals surface area contributed by atoms with Crippen molar-refractivity contribution in [3.8, 4) is 0 Å². The van der Waals surface area contributed by atoms with E-state index < -0.39 is 0 Å². The molecule has 1 aliphatic carbocycles. The monoisotopic (exact) mass is 341 g/mol. The highest BCUT2D eigenvalue weighted by Crippen LogP contribution is 2.32. The summed E-state index contributed by atoms with van der Waals surface area (Å²) in [6.45, 7) is 1.08. The quantitative estimate of drug-likeness (QED) is 0.909. The van der Waals surface area contributed by atoms with Gasteiger partial charge in [-0.1, -0.05) is 48.7 Å². The molecule has 0 aliphatic heterocycles. The Labute approximate surface area is 149 Å². The van der Waals surface area contributed by atoms with E-state index in [0.29, 0.717) is 13.1 Å². The van der Waals surface area contributed by atoms with Crippen LogP contribution in [0.4, 0.5) is 4.79 Å². The maximum absolute atomic E-state index is 11.5. The third-order valence-corrected chi connectivity index (χ3v) is 4.81. The molecule has 1 saturated carbocycles. The number of benzene rings is 1. The summed E-state index contributed by atoms with van der Waals surface area (Å²) >= 11 is 0. The van der Waals surface area contributed by atoms with E-state index in [1.807, 2.05) is 10.9 Å². The SMILES string of the molecule is CN(C)C(=O)NCc1cn(Cc2ccc(C3CCCCC3)cc2)nn1. The lowest BCUT2D eigenvalue weighted by Crippen LogP contribution is -2.34. The zero-order chi connectivity index (χ0) is 17.6. The van der Waals surface area contributed by atoms with Crippen molar-refractivity contribution in [2.24, 2.45) is 0 Å². The average molecular weight is 341 g/mol. The van der Waals surface area contributed by atoms with Crippen molar-refractivity contribution in [3.63, 3.8) is 0 Å². The molecule has 0 unspecified atom stereocenters. The van der Waals surface area contributed by atoms with Crippen LogP contribution in [0.2, 0.25) is 0 Å².